The molecule has 0 spiro atoms. The fourth-order valence-electron chi connectivity index (χ4n) is 2.68. The second kappa shape index (κ2) is 6.89. The van der Waals surface area contributed by atoms with Crippen molar-refractivity contribution >= 4 is 5.97 Å². The van der Waals surface area contributed by atoms with E-state index in [0.29, 0.717) is 18.6 Å². The summed E-state index contributed by atoms with van der Waals surface area (Å²) in [4.78, 5) is 13.8. The number of ether oxygens (including phenoxy) is 1. The molecule has 16 heavy (non-hydrogen) atoms. The first-order valence-electron chi connectivity index (χ1n) is 6.51. The standard InChI is InChI=1S/C13H25NO2/c1-4-7-11(2)14(10-13(15)16-3)12-8-5-6-9-12/h11-12H,4-10H2,1-3H3. The zero-order valence-electron chi connectivity index (χ0n) is 10.9. The first kappa shape index (κ1) is 13.5. The van der Waals surface area contributed by atoms with Crippen LogP contribution in [0.3, 0.4) is 0 Å². The molecular weight excluding hydrogens is 202 g/mol. The molecule has 0 radical (unpaired) electrons. The predicted molar refractivity (Wildman–Crippen MR) is 65.3 cm³/mol. The van der Waals surface area contributed by atoms with Crippen LogP contribution in [0.25, 0.3) is 0 Å². The molecule has 1 saturated carbocycles. The maximum Gasteiger partial charge on any atom is 0.319 e. The maximum absolute atomic E-state index is 11.4. The maximum atomic E-state index is 11.4. The lowest BCUT2D eigenvalue weighted by Crippen LogP contribution is -2.43. The summed E-state index contributed by atoms with van der Waals surface area (Å²) in [5.74, 6) is -0.102. The van der Waals surface area contributed by atoms with Crippen LogP contribution in [-0.2, 0) is 9.53 Å². The van der Waals surface area contributed by atoms with Gasteiger partial charge in [0.2, 0.25) is 0 Å². The van der Waals surface area contributed by atoms with Crippen LogP contribution in [0.5, 0.6) is 0 Å². The van der Waals surface area contributed by atoms with Crippen molar-refractivity contribution in [2.75, 3.05) is 13.7 Å². The van der Waals surface area contributed by atoms with Gasteiger partial charge in [0.25, 0.3) is 0 Å². The topological polar surface area (TPSA) is 29.5 Å². The van der Waals surface area contributed by atoms with Crippen molar-refractivity contribution in [3.05, 3.63) is 0 Å². The van der Waals surface area contributed by atoms with Crippen LogP contribution in [0.1, 0.15) is 52.4 Å². The molecule has 0 saturated heterocycles. The van der Waals surface area contributed by atoms with Gasteiger partial charge in [-0.1, -0.05) is 26.2 Å². The van der Waals surface area contributed by atoms with Gasteiger partial charge < -0.3 is 4.74 Å². The number of nitrogens with zero attached hydrogens (tertiary/aromatic N) is 1. The van der Waals surface area contributed by atoms with E-state index in [2.05, 4.69) is 18.7 Å². The number of carbonyl (C=O) groups excluding carboxylic acids is 1. The number of esters is 1. The quantitative estimate of drug-likeness (QED) is 0.653. The monoisotopic (exact) mass is 227 g/mol. The fourth-order valence-corrected chi connectivity index (χ4v) is 2.68. The Hall–Kier alpha value is -0.570. The molecule has 1 aliphatic rings. The first-order valence-corrected chi connectivity index (χ1v) is 6.51. The molecule has 0 aromatic rings. The molecule has 1 atom stereocenters. The minimum Gasteiger partial charge on any atom is -0.468 e. The first-order chi connectivity index (χ1) is 7.69. The van der Waals surface area contributed by atoms with Crippen molar-refractivity contribution in [1.29, 1.82) is 0 Å². The summed E-state index contributed by atoms with van der Waals surface area (Å²) in [6.07, 6.45) is 7.43. The van der Waals surface area contributed by atoms with Gasteiger partial charge in [-0.05, 0) is 26.2 Å². The second-order valence-electron chi connectivity index (χ2n) is 4.82. The van der Waals surface area contributed by atoms with E-state index in [1.807, 2.05) is 0 Å². The Kier molecular flexibility index (Phi) is 5.81. The summed E-state index contributed by atoms with van der Waals surface area (Å²) in [7, 11) is 1.47. The van der Waals surface area contributed by atoms with Crippen LogP contribution in [0.15, 0.2) is 0 Å². The smallest absolute Gasteiger partial charge is 0.319 e. The SMILES string of the molecule is CCCC(C)N(CC(=O)OC)C1CCCC1. The average molecular weight is 227 g/mol. The summed E-state index contributed by atoms with van der Waals surface area (Å²) < 4.78 is 4.79. The molecule has 94 valence electrons. The highest BCUT2D eigenvalue weighted by atomic mass is 16.5. The molecule has 0 aliphatic heterocycles. The van der Waals surface area contributed by atoms with Crippen molar-refractivity contribution in [2.24, 2.45) is 0 Å². The van der Waals surface area contributed by atoms with Gasteiger partial charge in [-0.15, -0.1) is 0 Å². The molecule has 0 aromatic carbocycles. The Morgan fingerprint density at radius 3 is 2.56 bits per heavy atom. The molecule has 0 amide bonds. The summed E-state index contributed by atoms with van der Waals surface area (Å²) in [6.45, 7) is 4.88. The van der Waals surface area contributed by atoms with Crippen molar-refractivity contribution in [3.63, 3.8) is 0 Å². The Morgan fingerprint density at radius 1 is 1.44 bits per heavy atom. The van der Waals surface area contributed by atoms with Gasteiger partial charge in [-0.25, -0.2) is 0 Å². The highest BCUT2D eigenvalue weighted by Gasteiger charge is 2.27. The van der Waals surface area contributed by atoms with E-state index in [-0.39, 0.29) is 5.97 Å². The normalized spacial score (nSPS) is 19.0. The lowest BCUT2D eigenvalue weighted by atomic mass is 10.1. The third kappa shape index (κ3) is 3.78. The summed E-state index contributed by atoms with van der Waals surface area (Å²) in [5, 5.41) is 0. The van der Waals surface area contributed by atoms with E-state index in [4.69, 9.17) is 4.74 Å². The minimum absolute atomic E-state index is 0.102. The van der Waals surface area contributed by atoms with E-state index in [9.17, 15) is 4.79 Å². The summed E-state index contributed by atoms with van der Waals surface area (Å²) in [6, 6.07) is 1.09. The van der Waals surface area contributed by atoms with E-state index < -0.39 is 0 Å². The van der Waals surface area contributed by atoms with E-state index >= 15 is 0 Å². The molecule has 3 heteroatoms. The lowest BCUT2D eigenvalue weighted by molar-refractivity contribution is -0.143. The third-order valence-corrected chi connectivity index (χ3v) is 3.61. The van der Waals surface area contributed by atoms with Gasteiger partial charge in [0.1, 0.15) is 0 Å². The van der Waals surface area contributed by atoms with Gasteiger partial charge in [0.05, 0.1) is 13.7 Å². The minimum atomic E-state index is -0.102. The Balaban J connectivity index is 2.56. The van der Waals surface area contributed by atoms with Crippen LogP contribution in [0, 0.1) is 0 Å². The molecule has 3 nitrogen and oxygen atoms in total. The molecule has 1 aliphatic carbocycles. The van der Waals surface area contributed by atoms with Crippen LogP contribution in [-0.4, -0.2) is 36.6 Å². The Bertz CT molecular complexity index is 212. The largest absolute Gasteiger partial charge is 0.468 e. The van der Waals surface area contributed by atoms with Crippen LogP contribution >= 0.6 is 0 Å². The second-order valence-corrected chi connectivity index (χ2v) is 4.82. The van der Waals surface area contributed by atoms with Crippen LogP contribution < -0.4 is 0 Å². The average Bonchev–Trinajstić information content (AvgIpc) is 2.78. The number of hydrogen-bond donors (Lipinski definition) is 0. The third-order valence-electron chi connectivity index (χ3n) is 3.61. The van der Waals surface area contributed by atoms with Crippen molar-refractivity contribution in [3.8, 4) is 0 Å². The van der Waals surface area contributed by atoms with Gasteiger partial charge in [-0.3, -0.25) is 9.69 Å². The fraction of sp³-hybridized carbons (Fsp3) is 0.923. The van der Waals surface area contributed by atoms with Crippen LogP contribution in [0.4, 0.5) is 0 Å². The Labute approximate surface area is 99.1 Å². The van der Waals surface area contributed by atoms with Gasteiger partial charge >= 0.3 is 5.97 Å². The molecule has 1 fully saturated rings. The molecule has 0 heterocycles. The zero-order valence-corrected chi connectivity index (χ0v) is 10.9. The molecule has 0 aromatic heterocycles. The molecular formula is C13H25NO2. The van der Waals surface area contributed by atoms with Crippen LogP contribution in [0.2, 0.25) is 0 Å². The van der Waals surface area contributed by atoms with Gasteiger partial charge in [-0.2, -0.15) is 0 Å². The summed E-state index contributed by atoms with van der Waals surface area (Å²) in [5.41, 5.74) is 0. The van der Waals surface area contributed by atoms with Gasteiger partial charge in [0, 0.05) is 12.1 Å². The van der Waals surface area contributed by atoms with Crippen molar-refractivity contribution in [2.45, 2.75) is 64.5 Å². The predicted octanol–water partition coefficient (Wildman–Crippen LogP) is 2.59. The van der Waals surface area contributed by atoms with E-state index in [0.717, 1.165) is 6.42 Å². The van der Waals surface area contributed by atoms with E-state index in [1.165, 1.54) is 39.2 Å². The number of carbonyl (C=O) groups is 1. The Morgan fingerprint density at radius 2 is 2.06 bits per heavy atom. The molecule has 1 unspecified atom stereocenters. The van der Waals surface area contributed by atoms with Gasteiger partial charge in [0.15, 0.2) is 0 Å². The number of rotatable bonds is 6. The number of hydrogen-bond acceptors (Lipinski definition) is 3. The highest BCUT2D eigenvalue weighted by molar-refractivity contribution is 5.71. The van der Waals surface area contributed by atoms with Crippen molar-refractivity contribution < 1.29 is 9.53 Å². The lowest BCUT2D eigenvalue weighted by Gasteiger charge is -2.33. The van der Waals surface area contributed by atoms with E-state index in [1.54, 1.807) is 0 Å². The molecule has 0 N–H and O–H groups in total. The molecule has 1 rings (SSSR count). The van der Waals surface area contributed by atoms with Crippen molar-refractivity contribution in [1.82, 2.24) is 4.90 Å². The summed E-state index contributed by atoms with van der Waals surface area (Å²) >= 11 is 0. The number of methoxy groups -OCH3 is 1. The highest BCUT2D eigenvalue weighted by Crippen LogP contribution is 2.26. The zero-order chi connectivity index (χ0) is 12.0. The molecule has 0 bridgehead atoms.